The van der Waals surface area contributed by atoms with Gasteiger partial charge in [0.15, 0.2) is 0 Å². The topological polar surface area (TPSA) is 30.7 Å². The van der Waals surface area contributed by atoms with Gasteiger partial charge in [0.1, 0.15) is 11.5 Å². The summed E-state index contributed by atoms with van der Waals surface area (Å²) in [6.07, 6.45) is 1.77. The Labute approximate surface area is 170 Å². The van der Waals surface area contributed by atoms with Crippen molar-refractivity contribution in [1.82, 2.24) is 14.8 Å². The summed E-state index contributed by atoms with van der Waals surface area (Å²) in [5, 5.41) is 7.81. The average Bonchev–Trinajstić information content (AvgIpc) is 3.10. The van der Waals surface area contributed by atoms with Crippen molar-refractivity contribution in [2.45, 2.75) is 0 Å². The molecule has 2 aromatic heterocycles. The van der Waals surface area contributed by atoms with Crippen molar-refractivity contribution in [1.29, 1.82) is 0 Å². The number of benzene rings is 3. The number of para-hydroxylation sites is 1. The molecule has 0 spiro atoms. The van der Waals surface area contributed by atoms with Crippen molar-refractivity contribution in [3.8, 4) is 16.9 Å². The molecule has 0 saturated carbocycles. The van der Waals surface area contributed by atoms with Crippen LogP contribution in [-0.4, -0.2) is 14.8 Å². The van der Waals surface area contributed by atoms with Crippen LogP contribution < -0.4 is 0 Å². The molecule has 0 aliphatic heterocycles. The third-order valence-electron chi connectivity index (χ3n) is 4.68. The van der Waals surface area contributed by atoms with Crippen LogP contribution in [0.2, 0.25) is 10.0 Å². The number of fused-ring (bicyclic) bond motifs is 3. The van der Waals surface area contributed by atoms with Gasteiger partial charge in [-0.2, -0.15) is 5.10 Å². The van der Waals surface area contributed by atoms with Crippen LogP contribution in [0.1, 0.15) is 0 Å². The number of aromatic nitrogens is 3. The monoisotopic (exact) mass is 407 g/mol. The largest absolute Gasteiger partial charge is 0.254 e. The lowest BCUT2D eigenvalue weighted by molar-refractivity contribution is 0.628. The van der Waals surface area contributed by atoms with Crippen molar-refractivity contribution in [3.05, 3.63) is 88.8 Å². The zero-order chi connectivity index (χ0) is 19.3. The molecule has 3 nitrogen and oxygen atoms in total. The first-order chi connectivity index (χ1) is 13.6. The molecular formula is C22H12Cl2FN3. The Morgan fingerprint density at radius 1 is 0.821 bits per heavy atom. The van der Waals surface area contributed by atoms with Crippen LogP contribution >= 0.6 is 23.2 Å². The molecule has 5 aromatic rings. The van der Waals surface area contributed by atoms with Crippen LogP contribution in [0.25, 0.3) is 38.8 Å². The molecule has 0 unspecified atom stereocenters. The Balaban J connectivity index is 1.90. The molecule has 0 amide bonds. The molecule has 136 valence electrons. The number of pyridine rings is 1. The first-order valence-corrected chi connectivity index (χ1v) is 9.35. The molecule has 0 saturated heterocycles. The quantitative estimate of drug-likeness (QED) is 0.326. The molecule has 28 heavy (non-hydrogen) atoms. The Bertz CT molecular complexity index is 1330. The summed E-state index contributed by atoms with van der Waals surface area (Å²) in [7, 11) is 0. The third-order valence-corrected chi connectivity index (χ3v) is 5.23. The highest BCUT2D eigenvalue weighted by atomic mass is 35.5. The van der Waals surface area contributed by atoms with E-state index in [4.69, 9.17) is 28.3 Å². The van der Waals surface area contributed by atoms with E-state index >= 15 is 0 Å². The summed E-state index contributed by atoms with van der Waals surface area (Å²) < 4.78 is 15.3. The number of rotatable bonds is 2. The lowest BCUT2D eigenvalue weighted by Crippen LogP contribution is -1.97. The van der Waals surface area contributed by atoms with Crippen LogP contribution in [0.4, 0.5) is 4.39 Å². The molecule has 0 aliphatic rings. The van der Waals surface area contributed by atoms with Crippen LogP contribution in [0, 0.1) is 5.82 Å². The molecule has 2 heterocycles. The zero-order valence-corrected chi connectivity index (χ0v) is 15.9. The number of nitrogens with zero attached hydrogens (tertiary/aromatic N) is 3. The first-order valence-electron chi connectivity index (χ1n) is 8.59. The maximum atomic E-state index is 13.4. The van der Waals surface area contributed by atoms with Gasteiger partial charge in [-0.15, -0.1) is 0 Å². The van der Waals surface area contributed by atoms with Crippen LogP contribution in [-0.2, 0) is 0 Å². The van der Waals surface area contributed by atoms with Gasteiger partial charge in [0, 0.05) is 27.6 Å². The van der Waals surface area contributed by atoms with Crippen molar-refractivity contribution < 1.29 is 4.39 Å². The number of halogens is 3. The Kier molecular flexibility index (Phi) is 4.04. The number of hydrogen-bond acceptors (Lipinski definition) is 2. The van der Waals surface area contributed by atoms with Crippen LogP contribution in [0.15, 0.2) is 72.9 Å². The summed E-state index contributed by atoms with van der Waals surface area (Å²) in [5.41, 5.74) is 3.98. The predicted octanol–water partition coefficient (Wildman–Crippen LogP) is 6.69. The maximum absolute atomic E-state index is 13.4. The highest BCUT2D eigenvalue weighted by molar-refractivity contribution is 6.35. The lowest BCUT2D eigenvalue weighted by atomic mass is 10.1. The van der Waals surface area contributed by atoms with E-state index in [0.717, 1.165) is 33.2 Å². The molecule has 3 aromatic carbocycles. The molecule has 0 bridgehead atoms. The molecule has 0 aliphatic carbocycles. The van der Waals surface area contributed by atoms with E-state index in [2.05, 4.69) is 4.98 Å². The van der Waals surface area contributed by atoms with Gasteiger partial charge in [0.2, 0.25) is 0 Å². The zero-order valence-electron chi connectivity index (χ0n) is 14.4. The maximum Gasteiger partial charge on any atom is 0.123 e. The Morgan fingerprint density at radius 2 is 1.57 bits per heavy atom. The van der Waals surface area contributed by atoms with Gasteiger partial charge in [0.05, 0.1) is 21.7 Å². The molecule has 0 atom stereocenters. The fourth-order valence-corrected chi connectivity index (χ4v) is 3.72. The van der Waals surface area contributed by atoms with Crippen molar-refractivity contribution in [2.24, 2.45) is 0 Å². The van der Waals surface area contributed by atoms with Gasteiger partial charge in [0.25, 0.3) is 0 Å². The summed E-state index contributed by atoms with van der Waals surface area (Å²) in [5.74, 6) is -0.291. The smallest absolute Gasteiger partial charge is 0.123 e. The van der Waals surface area contributed by atoms with E-state index in [1.54, 1.807) is 18.3 Å². The second-order valence-corrected chi connectivity index (χ2v) is 7.24. The Hall–Kier alpha value is -2.95. The average molecular weight is 408 g/mol. The van der Waals surface area contributed by atoms with E-state index in [9.17, 15) is 4.39 Å². The molecule has 0 N–H and O–H groups in total. The van der Waals surface area contributed by atoms with Crippen LogP contribution in [0.3, 0.4) is 0 Å². The fraction of sp³-hybridized carbons (Fsp3) is 0. The minimum atomic E-state index is -0.291. The normalized spacial score (nSPS) is 11.4. The fourth-order valence-electron chi connectivity index (χ4n) is 3.37. The van der Waals surface area contributed by atoms with E-state index < -0.39 is 0 Å². The number of hydrogen-bond donors (Lipinski definition) is 0. The Morgan fingerprint density at radius 3 is 2.32 bits per heavy atom. The van der Waals surface area contributed by atoms with Gasteiger partial charge < -0.3 is 0 Å². The molecule has 0 fully saturated rings. The molecule has 0 radical (unpaired) electrons. The molecule has 6 heteroatoms. The summed E-state index contributed by atoms with van der Waals surface area (Å²) in [6, 6.07) is 19.4. The second kappa shape index (κ2) is 6.59. The molecular weight excluding hydrogens is 396 g/mol. The van der Waals surface area contributed by atoms with E-state index in [1.807, 2.05) is 47.1 Å². The minimum Gasteiger partial charge on any atom is -0.254 e. The second-order valence-electron chi connectivity index (χ2n) is 6.40. The van der Waals surface area contributed by atoms with Gasteiger partial charge in [-0.3, -0.25) is 4.98 Å². The standard InChI is InChI=1S/C22H12Cl2FN3/c23-14-6-10-16(11-7-14)28-22-17-2-1-3-19(24)21(17)26-12-18(22)20(27-28)13-4-8-15(25)9-5-13/h1-12H. The SMILES string of the molecule is Fc1ccc(-c2nn(-c3ccc(Cl)cc3)c3c2cnc2c(Cl)cccc23)cc1. The highest BCUT2D eigenvalue weighted by Gasteiger charge is 2.18. The van der Waals surface area contributed by atoms with Crippen LogP contribution in [0.5, 0.6) is 0 Å². The van der Waals surface area contributed by atoms with Gasteiger partial charge in [-0.1, -0.05) is 35.3 Å². The van der Waals surface area contributed by atoms with Gasteiger partial charge in [-0.25, -0.2) is 9.07 Å². The summed E-state index contributed by atoms with van der Waals surface area (Å²) in [4.78, 5) is 4.55. The van der Waals surface area contributed by atoms with Gasteiger partial charge >= 0.3 is 0 Å². The van der Waals surface area contributed by atoms with Crippen molar-refractivity contribution in [3.63, 3.8) is 0 Å². The summed E-state index contributed by atoms with van der Waals surface area (Å²) in [6.45, 7) is 0. The highest BCUT2D eigenvalue weighted by Crippen LogP contribution is 2.35. The molecule has 5 rings (SSSR count). The van der Waals surface area contributed by atoms with Crippen molar-refractivity contribution in [2.75, 3.05) is 0 Å². The first kappa shape index (κ1) is 17.2. The van der Waals surface area contributed by atoms with E-state index in [1.165, 1.54) is 12.1 Å². The third kappa shape index (κ3) is 2.73. The minimum absolute atomic E-state index is 0.291. The van der Waals surface area contributed by atoms with Gasteiger partial charge in [-0.05, 0) is 54.6 Å². The summed E-state index contributed by atoms with van der Waals surface area (Å²) >= 11 is 12.4. The predicted molar refractivity (Wildman–Crippen MR) is 112 cm³/mol. The van der Waals surface area contributed by atoms with E-state index in [0.29, 0.717) is 15.6 Å². The van der Waals surface area contributed by atoms with E-state index in [-0.39, 0.29) is 5.82 Å². The van der Waals surface area contributed by atoms with Crippen molar-refractivity contribution >= 4 is 45.0 Å². The lowest BCUT2D eigenvalue weighted by Gasteiger charge is -2.06.